The Morgan fingerprint density at radius 2 is 1.82 bits per heavy atom. The second kappa shape index (κ2) is 8.61. The average molecular weight is 451 g/mol. The molecule has 1 atom stereocenters. The molecule has 1 unspecified atom stereocenters. The maximum Gasteiger partial charge on any atom is 0.407 e. The van der Waals surface area contributed by atoms with Crippen LogP contribution in [0.2, 0.25) is 0 Å². The lowest BCUT2D eigenvalue weighted by atomic mass is 10.1. The van der Waals surface area contributed by atoms with E-state index in [-0.39, 0.29) is 12.1 Å². The third kappa shape index (κ3) is 4.63. The number of carbonyl (C=O) groups is 2. The van der Waals surface area contributed by atoms with Crippen molar-refractivity contribution < 1.29 is 14.3 Å². The fraction of sp³-hybridized carbons (Fsp3) is 0.462. The highest BCUT2D eigenvalue weighted by atomic mass is 16.6. The molecule has 0 radical (unpaired) electrons. The van der Waals surface area contributed by atoms with Crippen LogP contribution in [-0.4, -0.2) is 46.3 Å². The number of hydrogen-bond acceptors (Lipinski definition) is 3. The number of nitrogens with zero attached hydrogens (tertiary/aromatic N) is 2. The third-order valence-electron chi connectivity index (χ3n) is 6.09. The zero-order chi connectivity index (χ0) is 23.9. The summed E-state index contributed by atoms with van der Waals surface area (Å²) < 4.78 is 7.67. The quantitative estimate of drug-likeness (QED) is 0.528. The average Bonchev–Trinajstić information content (AvgIpc) is 3.31. The number of nitrogens with one attached hydrogen (secondary N) is 2. The molecule has 1 aromatic heterocycles. The summed E-state index contributed by atoms with van der Waals surface area (Å²) in [6.07, 6.45) is 0.254. The van der Waals surface area contributed by atoms with Crippen LogP contribution in [0.3, 0.4) is 0 Å². The van der Waals surface area contributed by atoms with Gasteiger partial charge in [0.15, 0.2) is 0 Å². The maximum atomic E-state index is 13.0. The van der Waals surface area contributed by atoms with Gasteiger partial charge in [0.25, 0.3) is 0 Å². The summed E-state index contributed by atoms with van der Waals surface area (Å²) in [5.74, 6) is 0. The van der Waals surface area contributed by atoms with E-state index in [1.165, 1.54) is 21.8 Å². The number of fused-ring (bicyclic) bond motifs is 3. The minimum absolute atomic E-state index is 0.113. The molecule has 1 saturated heterocycles. The van der Waals surface area contributed by atoms with Gasteiger partial charge in [0.05, 0.1) is 6.04 Å². The normalized spacial score (nSPS) is 16.6. The van der Waals surface area contributed by atoms with Crippen molar-refractivity contribution in [3.05, 3.63) is 42.0 Å². The Morgan fingerprint density at radius 1 is 1.09 bits per heavy atom. The molecular formula is C26H34N4O3. The van der Waals surface area contributed by atoms with E-state index in [2.05, 4.69) is 66.3 Å². The number of benzene rings is 2. The monoisotopic (exact) mass is 450 g/mol. The molecule has 4 rings (SSSR count). The first-order chi connectivity index (χ1) is 15.5. The van der Waals surface area contributed by atoms with E-state index < -0.39 is 11.7 Å². The van der Waals surface area contributed by atoms with Crippen LogP contribution in [0.15, 0.2) is 36.4 Å². The Kier molecular flexibility index (Phi) is 5.99. The Bertz CT molecular complexity index is 1210. The van der Waals surface area contributed by atoms with Crippen molar-refractivity contribution in [2.45, 2.75) is 65.6 Å². The largest absolute Gasteiger partial charge is 0.444 e. The number of aryl methyl sites for hydroxylation is 1. The van der Waals surface area contributed by atoms with Crippen LogP contribution in [0, 0.1) is 6.92 Å². The number of carbonyl (C=O) groups excluding carboxylic acids is 2. The molecule has 7 heteroatoms. The molecule has 3 amide bonds. The molecular weight excluding hydrogens is 416 g/mol. The van der Waals surface area contributed by atoms with Crippen molar-refractivity contribution in [2.24, 2.45) is 0 Å². The van der Waals surface area contributed by atoms with Crippen molar-refractivity contribution in [2.75, 3.05) is 18.4 Å². The Morgan fingerprint density at radius 3 is 2.52 bits per heavy atom. The van der Waals surface area contributed by atoms with Crippen LogP contribution in [0.5, 0.6) is 0 Å². The fourth-order valence-corrected chi connectivity index (χ4v) is 4.69. The van der Waals surface area contributed by atoms with Gasteiger partial charge in [0, 0.05) is 46.6 Å². The van der Waals surface area contributed by atoms with Crippen LogP contribution >= 0.6 is 0 Å². The molecule has 0 aliphatic carbocycles. The van der Waals surface area contributed by atoms with Crippen molar-refractivity contribution in [3.63, 3.8) is 0 Å². The highest BCUT2D eigenvalue weighted by Crippen LogP contribution is 2.36. The lowest BCUT2D eigenvalue weighted by Gasteiger charge is -2.22. The van der Waals surface area contributed by atoms with E-state index >= 15 is 0 Å². The smallest absolute Gasteiger partial charge is 0.407 e. The molecule has 33 heavy (non-hydrogen) atoms. The predicted octanol–water partition coefficient (Wildman–Crippen LogP) is 5.81. The molecule has 0 spiro atoms. The minimum Gasteiger partial charge on any atom is -0.444 e. The molecule has 1 aliphatic heterocycles. The molecule has 7 nitrogen and oxygen atoms in total. The number of ether oxygens (including phenoxy) is 1. The Balaban J connectivity index is 1.52. The minimum atomic E-state index is -0.547. The van der Waals surface area contributed by atoms with E-state index in [9.17, 15) is 9.59 Å². The highest BCUT2D eigenvalue weighted by Gasteiger charge is 2.29. The first-order valence-electron chi connectivity index (χ1n) is 11.6. The van der Waals surface area contributed by atoms with Crippen molar-refractivity contribution in [1.29, 1.82) is 0 Å². The predicted molar refractivity (Wildman–Crippen MR) is 133 cm³/mol. The number of alkyl carbamates (subject to hydrolysis) is 1. The van der Waals surface area contributed by atoms with Crippen LogP contribution in [0.4, 0.5) is 15.3 Å². The zero-order valence-electron chi connectivity index (χ0n) is 20.4. The number of amides is 3. The summed E-state index contributed by atoms with van der Waals surface area (Å²) in [6, 6.07) is 12.5. The Labute approximate surface area is 195 Å². The summed E-state index contributed by atoms with van der Waals surface area (Å²) in [6.45, 7) is 13.0. The number of anilines is 1. The van der Waals surface area contributed by atoms with Crippen molar-refractivity contribution >= 4 is 39.6 Å². The summed E-state index contributed by atoms with van der Waals surface area (Å²) in [5, 5.41) is 8.32. The summed E-state index contributed by atoms with van der Waals surface area (Å²) in [7, 11) is 0. The van der Waals surface area contributed by atoms with Crippen LogP contribution in [-0.2, 0) is 4.74 Å². The topological polar surface area (TPSA) is 75.6 Å². The molecule has 0 bridgehead atoms. The van der Waals surface area contributed by atoms with Gasteiger partial charge in [0.2, 0.25) is 0 Å². The summed E-state index contributed by atoms with van der Waals surface area (Å²) in [4.78, 5) is 26.8. The van der Waals surface area contributed by atoms with Gasteiger partial charge in [-0.25, -0.2) is 9.59 Å². The fourth-order valence-electron chi connectivity index (χ4n) is 4.69. The second-order valence-corrected chi connectivity index (χ2v) is 10.1. The SMILES string of the molecule is Cc1c(NC(=O)N2CCC(NC(=O)OC(C)(C)C)C2)ccc2c1c1ccccc1n2C(C)C. The number of hydrogen-bond donors (Lipinski definition) is 2. The van der Waals surface area contributed by atoms with Gasteiger partial charge in [0.1, 0.15) is 5.60 Å². The van der Waals surface area contributed by atoms with E-state index in [0.717, 1.165) is 11.3 Å². The third-order valence-corrected chi connectivity index (χ3v) is 6.09. The van der Waals surface area contributed by atoms with Crippen LogP contribution in [0.1, 0.15) is 52.6 Å². The summed E-state index contributed by atoms with van der Waals surface area (Å²) in [5.41, 5.74) is 3.69. The standard InChI is InChI=1S/C26H34N4O3/c1-16(2)30-21-10-8-7-9-19(21)23-17(3)20(11-12-22(23)30)28-24(31)29-14-13-18(15-29)27-25(32)33-26(4,5)6/h7-12,16,18H,13-15H2,1-6H3,(H,27,32)(H,28,31). The lowest BCUT2D eigenvalue weighted by Crippen LogP contribution is -2.42. The van der Waals surface area contributed by atoms with Crippen molar-refractivity contribution in [3.8, 4) is 0 Å². The van der Waals surface area contributed by atoms with E-state index in [1.807, 2.05) is 26.8 Å². The van der Waals surface area contributed by atoms with E-state index in [4.69, 9.17) is 4.74 Å². The molecule has 2 heterocycles. The molecule has 1 aliphatic rings. The van der Waals surface area contributed by atoms with Gasteiger partial charge in [-0.1, -0.05) is 18.2 Å². The number of para-hydroxylation sites is 1. The molecule has 176 valence electrons. The molecule has 2 aromatic carbocycles. The highest BCUT2D eigenvalue weighted by molar-refractivity contribution is 6.12. The first kappa shape index (κ1) is 23.0. The molecule has 1 fully saturated rings. The first-order valence-corrected chi connectivity index (χ1v) is 11.6. The van der Waals surface area contributed by atoms with Gasteiger partial charge in [-0.2, -0.15) is 0 Å². The molecule has 3 aromatic rings. The van der Waals surface area contributed by atoms with Gasteiger partial charge < -0.3 is 24.8 Å². The number of aromatic nitrogens is 1. The number of rotatable bonds is 3. The van der Waals surface area contributed by atoms with Crippen LogP contribution < -0.4 is 10.6 Å². The van der Waals surface area contributed by atoms with Gasteiger partial charge >= 0.3 is 12.1 Å². The molecule has 0 saturated carbocycles. The van der Waals surface area contributed by atoms with Gasteiger partial charge in [-0.15, -0.1) is 0 Å². The van der Waals surface area contributed by atoms with E-state index in [1.54, 1.807) is 4.90 Å². The number of likely N-dealkylation sites (tertiary alicyclic amines) is 1. The molecule has 2 N–H and O–H groups in total. The maximum absolute atomic E-state index is 13.0. The Hall–Kier alpha value is -3.22. The van der Waals surface area contributed by atoms with Crippen molar-refractivity contribution in [1.82, 2.24) is 14.8 Å². The summed E-state index contributed by atoms with van der Waals surface area (Å²) >= 11 is 0. The number of urea groups is 1. The second-order valence-electron chi connectivity index (χ2n) is 10.1. The lowest BCUT2D eigenvalue weighted by molar-refractivity contribution is 0.0506. The van der Waals surface area contributed by atoms with Gasteiger partial charge in [-0.05, 0) is 71.7 Å². The van der Waals surface area contributed by atoms with E-state index in [0.29, 0.717) is 25.6 Å². The van der Waals surface area contributed by atoms with Crippen LogP contribution in [0.25, 0.3) is 21.8 Å². The van der Waals surface area contributed by atoms with Gasteiger partial charge in [-0.3, -0.25) is 0 Å². The zero-order valence-corrected chi connectivity index (χ0v) is 20.4.